The van der Waals surface area contributed by atoms with Gasteiger partial charge in [-0.25, -0.2) is 0 Å². The van der Waals surface area contributed by atoms with E-state index in [4.69, 9.17) is 9.47 Å². The minimum Gasteiger partial charge on any atom is -0.454 e. The Hall–Kier alpha value is -2.25. The smallest absolute Gasteiger partial charge is 0.248 e. The van der Waals surface area contributed by atoms with Gasteiger partial charge in [-0.3, -0.25) is 4.79 Å². The first-order valence-electron chi connectivity index (χ1n) is 8.35. The number of aromatic nitrogens is 1. The van der Waals surface area contributed by atoms with Crippen LogP contribution in [-0.2, 0) is 11.8 Å². The molecular formula is C19H18N2O3S2. The van der Waals surface area contributed by atoms with E-state index in [1.807, 2.05) is 41.9 Å². The van der Waals surface area contributed by atoms with Crippen LogP contribution in [0.15, 0.2) is 52.4 Å². The van der Waals surface area contributed by atoms with Crippen molar-refractivity contribution in [3.05, 3.63) is 47.3 Å². The van der Waals surface area contributed by atoms with Gasteiger partial charge in [0.2, 0.25) is 12.7 Å². The summed E-state index contributed by atoms with van der Waals surface area (Å²) < 4.78 is 13.8. The maximum absolute atomic E-state index is 12.2. The van der Waals surface area contributed by atoms with Crippen LogP contribution in [0.5, 0.6) is 11.5 Å². The number of nitrogens with zero attached hydrogens (tertiary/aromatic N) is 2. The van der Waals surface area contributed by atoms with Crippen molar-refractivity contribution in [3.8, 4) is 11.5 Å². The lowest BCUT2D eigenvalue weighted by molar-refractivity contribution is -0.118. The number of benzene rings is 2. The molecule has 3 aromatic rings. The number of hydrogen-bond donors (Lipinski definition) is 0. The van der Waals surface area contributed by atoms with Gasteiger partial charge in [-0.05, 0) is 24.3 Å². The number of carbonyl (C=O) groups is 1. The van der Waals surface area contributed by atoms with E-state index in [9.17, 15) is 4.79 Å². The summed E-state index contributed by atoms with van der Waals surface area (Å²) in [6.07, 6.45) is 1.27. The summed E-state index contributed by atoms with van der Waals surface area (Å²) in [7, 11) is 1.92. The number of carbonyl (C=O) groups excluding carboxylic acids is 1. The fraction of sp³-hybridized carbons (Fsp3) is 0.263. The second-order valence-corrected chi connectivity index (χ2v) is 8.06. The largest absolute Gasteiger partial charge is 0.454 e. The van der Waals surface area contributed by atoms with Crippen LogP contribution in [0.3, 0.4) is 0 Å². The number of rotatable bonds is 5. The minimum absolute atomic E-state index is 0.0825. The molecule has 0 saturated heterocycles. The second kappa shape index (κ2) is 7.55. The molecule has 1 amide bonds. The number of aryl methyl sites for hydroxylation is 1. The Morgan fingerprint density at radius 1 is 1.23 bits per heavy atom. The zero-order valence-corrected chi connectivity index (χ0v) is 15.9. The number of ether oxygens (including phenoxy) is 2. The van der Waals surface area contributed by atoms with Crippen LogP contribution in [0.2, 0.25) is 0 Å². The van der Waals surface area contributed by atoms with E-state index in [0.717, 1.165) is 33.9 Å². The van der Waals surface area contributed by atoms with Crippen molar-refractivity contribution in [3.63, 3.8) is 0 Å². The van der Waals surface area contributed by atoms with Crippen molar-refractivity contribution >= 4 is 39.2 Å². The van der Waals surface area contributed by atoms with Crippen molar-refractivity contribution < 1.29 is 14.3 Å². The molecular weight excluding hydrogens is 368 g/mol. The third-order valence-electron chi connectivity index (χ3n) is 4.07. The fourth-order valence-electron chi connectivity index (χ4n) is 2.72. The van der Waals surface area contributed by atoms with Crippen molar-refractivity contribution in [2.24, 2.45) is 12.0 Å². The summed E-state index contributed by atoms with van der Waals surface area (Å²) in [5.74, 6) is 2.31. The van der Waals surface area contributed by atoms with E-state index >= 15 is 0 Å². The lowest BCUT2D eigenvalue weighted by Gasteiger charge is -2.00. The quantitative estimate of drug-likeness (QED) is 0.492. The summed E-state index contributed by atoms with van der Waals surface area (Å²) in [4.78, 5) is 18.4. The summed E-state index contributed by atoms with van der Waals surface area (Å²) in [6.45, 7) is 0.257. The Morgan fingerprint density at radius 2 is 2.00 bits per heavy atom. The maximum Gasteiger partial charge on any atom is 0.248 e. The molecule has 0 saturated carbocycles. The molecule has 134 valence electrons. The molecule has 0 radical (unpaired) electrons. The molecule has 1 aliphatic heterocycles. The third-order valence-corrected chi connectivity index (χ3v) is 6.26. The van der Waals surface area contributed by atoms with Gasteiger partial charge in [-0.1, -0.05) is 29.5 Å². The Morgan fingerprint density at radius 3 is 2.81 bits per heavy atom. The van der Waals surface area contributed by atoms with Gasteiger partial charge in [-0.2, -0.15) is 4.99 Å². The molecule has 0 spiro atoms. The molecule has 0 fully saturated rings. The predicted molar refractivity (Wildman–Crippen MR) is 104 cm³/mol. The van der Waals surface area contributed by atoms with Crippen LogP contribution in [0.4, 0.5) is 0 Å². The summed E-state index contributed by atoms with van der Waals surface area (Å²) >= 11 is 3.25. The Balaban J connectivity index is 1.42. The highest BCUT2D eigenvalue weighted by atomic mass is 32.2. The third kappa shape index (κ3) is 3.64. The fourth-order valence-corrected chi connectivity index (χ4v) is 4.64. The summed E-state index contributed by atoms with van der Waals surface area (Å²) in [6, 6.07) is 14.1. The van der Waals surface area contributed by atoms with Crippen LogP contribution >= 0.6 is 23.1 Å². The Kier molecular flexibility index (Phi) is 4.99. The molecule has 0 bridgehead atoms. The molecule has 2 aromatic carbocycles. The lowest BCUT2D eigenvalue weighted by atomic mass is 10.3. The molecule has 0 N–H and O–H groups in total. The van der Waals surface area contributed by atoms with E-state index in [-0.39, 0.29) is 12.7 Å². The van der Waals surface area contributed by atoms with E-state index in [1.165, 1.54) is 16.2 Å². The number of hydrogen-bond acceptors (Lipinski definition) is 5. The molecule has 1 aromatic heterocycles. The standard InChI is InChI=1S/C19H18N2O3S2/c1-21-14-10-15-16(24-12-23-15)11-17(14)26-19(21)20-18(22)8-5-9-25-13-6-3-2-4-7-13/h2-4,6-7,10-11H,5,8-9,12H2,1H3. The van der Waals surface area contributed by atoms with Crippen molar-refractivity contribution in [2.75, 3.05) is 12.5 Å². The van der Waals surface area contributed by atoms with Crippen molar-refractivity contribution in [2.45, 2.75) is 17.7 Å². The monoisotopic (exact) mass is 386 g/mol. The van der Waals surface area contributed by atoms with Gasteiger partial charge in [0.15, 0.2) is 16.3 Å². The average Bonchev–Trinajstić information content (AvgIpc) is 3.22. The van der Waals surface area contributed by atoms with E-state index in [1.54, 1.807) is 11.8 Å². The molecule has 4 rings (SSSR count). The number of thiazole rings is 1. The van der Waals surface area contributed by atoms with Gasteiger partial charge in [0.05, 0.1) is 10.2 Å². The zero-order valence-electron chi connectivity index (χ0n) is 14.3. The molecule has 1 aliphatic rings. The highest BCUT2D eigenvalue weighted by molar-refractivity contribution is 7.99. The van der Waals surface area contributed by atoms with Crippen LogP contribution in [0, 0.1) is 0 Å². The molecule has 5 nitrogen and oxygen atoms in total. The van der Waals surface area contributed by atoms with Crippen molar-refractivity contribution in [1.82, 2.24) is 4.57 Å². The first-order valence-corrected chi connectivity index (χ1v) is 10.2. The van der Waals surface area contributed by atoms with Gasteiger partial charge in [0.25, 0.3) is 0 Å². The predicted octanol–water partition coefficient (Wildman–Crippen LogP) is 3.97. The molecule has 0 unspecified atom stereocenters. The van der Waals surface area contributed by atoms with E-state index < -0.39 is 0 Å². The van der Waals surface area contributed by atoms with Crippen molar-refractivity contribution in [1.29, 1.82) is 0 Å². The topological polar surface area (TPSA) is 52.8 Å². The van der Waals surface area contributed by atoms with Gasteiger partial charge >= 0.3 is 0 Å². The molecule has 7 heteroatoms. The van der Waals surface area contributed by atoms with Crippen LogP contribution < -0.4 is 14.3 Å². The normalized spacial score (nSPS) is 13.5. The first kappa shape index (κ1) is 17.2. The van der Waals surface area contributed by atoms with E-state index in [0.29, 0.717) is 11.2 Å². The molecule has 2 heterocycles. The SMILES string of the molecule is Cn1c(=NC(=O)CCCSc2ccccc2)sc2cc3c(cc21)OCO3. The van der Waals surface area contributed by atoms with E-state index in [2.05, 4.69) is 17.1 Å². The molecule has 26 heavy (non-hydrogen) atoms. The maximum atomic E-state index is 12.2. The second-order valence-electron chi connectivity index (χ2n) is 5.89. The highest BCUT2D eigenvalue weighted by Gasteiger charge is 2.16. The van der Waals surface area contributed by atoms with Gasteiger partial charge in [0.1, 0.15) is 0 Å². The van der Waals surface area contributed by atoms with Crippen LogP contribution in [-0.4, -0.2) is 23.0 Å². The lowest BCUT2D eigenvalue weighted by Crippen LogP contribution is -2.13. The number of fused-ring (bicyclic) bond motifs is 2. The molecule has 0 atom stereocenters. The Bertz CT molecular complexity index is 1010. The van der Waals surface area contributed by atoms with Gasteiger partial charge < -0.3 is 14.0 Å². The average molecular weight is 386 g/mol. The number of amides is 1. The molecule has 0 aliphatic carbocycles. The minimum atomic E-state index is -0.0825. The first-order chi connectivity index (χ1) is 12.7. The highest BCUT2D eigenvalue weighted by Crippen LogP contribution is 2.36. The van der Waals surface area contributed by atoms with Gasteiger partial charge in [0, 0.05) is 30.5 Å². The summed E-state index contributed by atoms with van der Waals surface area (Å²) in [5.41, 5.74) is 0.991. The van der Waals surface area contributed by atoms with Gasteiger partial charge in [-0.15, -0.1) is 11.8 Å². The number of thioether (sulfide) groups is 1. The Labute approximate surface area is 159 Å². The zero-order chi connectivity index (χ0) is 17.9. The van der Waals surface area contributed by atoms with Crippen LogP contribution in [0.1, 0.15) is 12.8 Å². The van der Waals surface area contributed by atoms with Crippen LogP contribution in [0.25, 0.3) is 10.2 Å². The summed E-state index contributed by atoms with van der Waals surface area (Å²) in [5, 5.41) is 0.